The van der Waals surface area contributed by atoms with Gasteiger partial charge in [-0.3, -0.25) is 4.79 Å². The molecule has 8 heteroatoms. The van der Waals surface area contributed by atoms with E-state index in [1.165, 1.54) is 0 Å². The van der Waals surface area contributed by atoms with Gasteiger partial charge in [-0.2, -0.15) is 0 Å². The fourth-order valence-corrected chi connectivity index (χ4v) is 7.54. The number of hydrogen-bond donors (Lipinski definition) is 2. The smallest absolute Gasteiger partial charge is 0.254 e. The minimum absolute atomic E-state index is 0.0531. The highest BCUT2D eigenvalue weighted by atomic mass is 16.6. The average molecular weight is 497 g/mol. The Morgan fingerprint density at radius 3 is 2.41 bits per heavy atom. The van der Waals surface area contributed by atoms with Crippen molar-refractivity contribution in [3.8, 4) is 0 Å². The van der Waals surface area contributed by atoms with Gasteiger partial charge in [0.05, 0.1) is 27.6 Å². The number of carbonyl (C=O) groups is 1. The van der Waals surface area contributed by atoms with Crippen molar-refractivity contribution in [1.29, 1.82) is 0 Å². The molecular weight excluding hydrogens is 468 g/mol. The first-order valence-electron chi connectivity index (χ1n) is 12.8. The SMILES string of the molecule is CN[C@@H]1C[C@H]2O[C@@](C)([C@@H]1OC)n1c3ccccc3c3c4c(c5c6ccccc6n2c5c31)C(=O)N[C@@H]4OC. The Kier molecular flexibility index (Phi) is 4.16. The number of benzene rings is 3. The number of ether oxygens (including phenoxy) is 3. The molecule has 3 aromatic carbocycles. The van der Waals surface area contributed by atoms with Gasteiger partial charge in [0.1, 0.15) is 12.3 Å². The molecule has 0 unspecified atom stereocenters. The molecule has 5 heterocycles. The van der Waals surface area contributed by atoms with Crippen LogP contribution in [0.15, 0.2) is 48.5 Å². The second-order valence-electron chi connectivity index (χ2n) is 10.5. The number of aromatic nitrogens is 2. The molecule has 0 saturated carbocycles. The molecule has 1 saturated heterocycles. The van der Waals surface area contributed by atoms with Gasteiger partial charge in [0.15, 0.2) is 12.0 Å². The summed E-state index contributed by atoms with van der Waals surface area (Å²) in [6, 6.07) is 16.7. The lowest BCUT2D eigenvalue weighted by Crippen LogP contribution is -2.59. The molecule has 0 aliphatic carbocycles. The first-order chi connectivity index (χ1) is 18.0. The van der Waals surface area contributed by atoms with E-state index in [4.69, 9.17) is 14.2 Å². The van der Waals surface area contributed by atoms with E-state index in [0.29, 0.717) is 5.56 Å². The second kappa shape index (κ2) is 7.11. The third-order valence-electron chi connectivity index (χ3n) is 8.87. The van der Waals surface area contributed by atoms with Crippen LogP contribution in [-0.2, 0) is 19.9 Å². The fraction of sp³-hybridized carbons (Fsp3) is 0.345. The van der Waals surface area contributed by atoms with Crippen molar-refractivity contribution in [3.63, 3.8) is 0 Å². The lowest BCUT2D eigenvalue weighted by Gasteiger charge is -2.48. The highest BCUT2D eigenvalue weighted by Crippen LogP contribution is 2.54. The summed E-state index contributed by atoms with van der Waals surface area (Å²) in [6.07, 6.45) is -0.302. The molecule has 5 atom stereocenters. The van der Waals surface area contributed by atoms with E-state index in [1.54, 1.807) is 14.2 Å². The Balaban J connectivity index is 1.72. The van der Waals surface area contributed by atoms with Crippen molar-refractivity contribution in [3.05, 3.63) is 59.7 Å². The van der Waals surface area contributed by atoms with Gasteiger partial charge in [-0.15, -0.1) is 0 Å². The number of nitrogens with zero attached hydrogens (tertiary/aromatic N) is 2. The number of amides is 1. The third-order valence-corrected chi connectivity index (χ3v) is 8.87. The number of carbonyl (C=O) groups excluding carboxylic acids is 1. The molecule has 2 N–H and O–H groups in total. The number of rotatable bonds is 3. The van der Waals surface area contributed by atoms with E-state index in [9.17, 15) is 4.79 Å². The van der Waals surface area contributed by atoms with Gasteiger partial charge >= 0.3 is 0 Å². The van der Waals surface area contributed by atoms with E-state index >= 15 is 0 Å². The number of fused-ring (bicyclic) bond motifs is 13. The number of likely N-dealkylation sites (N-methyl/N-ethyl adjacent to an activating group) is 1. The zero-order valence-corrected chi connectivity index (χ0v) is 21.2. The molecule has 0 spiro atoms. The van der Waals surface area contributed by atoms with E-state index in [2.05, 4.69) is 63.1 Å². The summed E-state index contributed by atoms with van der Waals surface area (Å²) in [5.41, 5.74) is 4.95. The molecule has 5 aromatic rings. The summed E-state index contributed by atoms with van der Waals surface area (Å²) in [5.74, 6) is -0.106. The predicted octanol–water partition coefficient (Wildman–Crippen LogP) is 4.50. The Labute approximate surface area is 213 Å². The van der Waals surface area contributed by atoms with Crippen molar-refractivity contribution in [2.24, 2.45) is 0 Å². The van der Waals surface area contributed by atoms with Gasteiger partial charge in [0.25, 0.3) is 5.91 Å². The van der Waals surface area contributed by atoms with Crippen LogP contribution in [-0.4, -0.2) is 48.5 Å². The maximum absolute atomic E-state index is 13.6. The van der Waals surface area contributed by atoms with Crippen LogP contribution in [0.2, 0.25) is 0 Å². The average Bonchev–Trinajstić information content (AvgIpc) is 3.53. The highest BCUT2D eigenvalue weighted by molar-refractivity contribution is 6.31. The molecule has 2 bridgehead atoms. The van der Waals surface area contributed by atoms with Gasteiger partial charge in [0.2, 0.25) is 0 Å². The number of hydrogen-bond acceptors (Lipinski definition) is 5. The molecular formula is C29H28N4O4. The van der Waals surface area contributed by atoms with Gasteiger partial charge in [-0.25, -0.2) is 0 Å². The summed E-state index contributed by atoms with van der Waals surface area (Å²) >= 11 is 0. The van der Waals surface area contributed by atoms with Crippen LogP contribution in [0.25, 0.3) is 43.6 Å². The number of methoxy groups -OCH3 is 2. The normalized spacial score (nSPS) is 28.5. The maximum Gasteiger partial charge on any atom is 0.254 e. The molecule has 1 amide bonds. The largest absolute Gasteiger partial charge is 0.375 e. The van der Waals surface area contributed by atoms with E-state index in [1.807, 2.05) is 19.2 Å². The first-order valence-corrected chi connectivity index (χ1v) is 12.8. The summed E-state index contributed by atoms with van der Waals surface area (Å²) in [6.45, 7) is 2.13. The second-order valence-corrected chi connectivity index (χ2v) is 10.5. The minimum atomic E-state index is -0.813. The van der Waals surface area contributed by atoms with Gasteiger partial charge < -0.3 is 34.0 Å². The quantitative estimate of drug-likeness (QED) is 0.385. The zero-order valence-electron chi connectivity index (χ0n) is 21.2. The van der Waals surface area contributed by atoms with Crippen LogP contribution < -0.4 is 10.6 Å². The predicted molar refractivity (Wildman–Crippen MR) is 142 cm³/mol. The first kappa shape index (κ1) is 21.6. The van der Waals surface area contributed by atoms with E-state index in [-0.39, 0.29) is 24.3 Å². The number of para-hydroxylation sites is 2. The van der Waals surface area contributed by atoms with Crippen molar-refractivity contribution in [2.45, 2.75) is 43.7 Å². The lowest BCUT2D eigenvalue weighted by atomic mass is 9.93. The summed E-state index contributed by atoms with van der Waals surface area (Å²) in [5, 5.41) is 10.7. The third kappa shape index (κ3) is 2.36. The molecule has 8 rings (SSSR count). The number of nitrogens with one attached hydrogen (secondary N) is 2. The monoisotopic (exact) mass is 496 g/mol. The van der Waals surface area contributed by atoms with Crippen molar-refractivity contribution < 1.29 is 19.0 Å². The molecule has 1 fully saturated rings. The molecule has 37 heavy (non-hydrogen) atoms. The Hall–Kier alpha value is -3.43. The summed E-state index contributed by atoms with van der Waals surface area (Å²) in [7, 11) is 5.39. The van der Waals surface area contributed by atoms with Crippen LogP contribution in [0.1, 0.15) is 41.7 Å². The Bertz CT molecular complexity index is 1800. The van der Waals surface area contributed by atoms with E-state index in [0.717, 1.165) is 55.6 Å². The molecule has 8 nitrogen and oxygen atoms in total. The molecule has 2 aromatic heterocycles. The molecule has 0 radical (unpaired) electrons. The zero-order chi connectivity index (χ0) is 25.2. The molecule has 3 aliphatic rings. The lowest BCUT2D eigenvalue weighted by molar-refractivity contribution is -0.256. The van der Waals surface area contributed by atoms with Crippen molar-refractivity contribution in [2.75, 3.05) is 21.3 Å². The van der Waals surface area contributed by atoms with Crippen LogP contribution >= 0.6 is 0 Å². The summed E-state index contributed by atoms with van der Waals surface area (Å²) in [4.78, 5) is 13.6. The maximum atomic E-state index is 13.6. The van der Waals surface area contributed by atoms with Crippen LogP contribution in [0, 0.1) is 0 Å². The molecule has 188 valence electrons. The van der Waals surface area contributed by atoms with Crippen molar-refractivity contribution in [1.82, 2.24) is 19.8 Å². The van der Waals surface area contributed by atoms with Gasteiger partial charge in [-0.1, -0.05) is 36.4 Å². The topological polar surface area (TPSA) is 78.7 Å². The fourth-order valence-electron chi connectivity index (χ4n) is 7.54. The standard InChI is InChI=1S/C29H28N4O4/c1-29-26(35-3)16(30-2)13-19(37-29)32-17-11-7-5-9-14(17)20-22-23(28(36-4)31-27(22)34)21-15-10-6-8-12-18(15)33(29)25(21)24(20)32/h5-12,16,19,26,28,30H,13H2,1-4H3,(H,31,34)/t16-,19-,26-,28-,29+/m1/s1. The van der Waals surface area contributed by atoms with E-state index < -0.39 is 12.0 Å². The van der Waals surface area contributed by atoms with Gasteiger partial charge in [0, 0.05) is 53.8 Å². The van der Waals surface area contributed by atoms with Gasteiger partial charge in [-0.05, 0) is 26.1 Å². The Morgan fingerprint density at radius 2 is 1.70 bits per heavy atom. The van der Waals surface area contributed by atoms with Crippen LogP contribution in [0.4, 0.5) is 0 Å². The minimum Gasteiger partial charge on any atom is -0.375 e. The van der Waals surface area contributed by atoms with Crippen LogP contribution in [0.5, 0.6) is 0 Å². The Morgan fingerprint density at radius 1 is 1.00 bits per heavy atom. The summed E-state index contributed by atoms with van der Waals surface area (Å²) < 4.78 is 23.8. The van der Waals surface area contributed by atoms with Crippen LogP contribution in [0.3, 0.4) is 0 Å². The van der Waals surface area contributed by atoms with Crippen molar-refractivity contribution >= 4 is 49.5 Å². The molecule has 3 aliphatic heterocycles. The highest BCUT2D eigenvalue weighted by Gasteiger charge is 2.53.